The molecule has 1 aliphatic heterocycles. The van der Waals surface area contributed by atoms with Crippen molar-refractivity contribution in [3.05, 3.63) is 89.0 Å². The van der Waals surface area contributed by atoms with E-state index in [1.54, 1.807) is 0 Å². The van der Waals surface area contributed by atoms with Crippen LogP contribution in [-0.2, 0) is 5.66 Å². The fourth-order valence-electron chi connectivity index (χ4n) is 3.96. The number of rotatable bonds is 0. The summed E-state index contributed by atoms with van der Waals surface area (Å²) >= 11 is 0. The molecular weight excluding hydrogens is 324 g/mol. The van der Waals surface area contributed by atoms with Gasteiger partial charge in [0, 0.05) is 16.8 Å². The van der Waals surface area contributed by atoms with Crippen LogP contribution in [0.4, 0.5) is 5.69 Å². The molecule has 1 heterocycles. The number of aryl methyl sites for hydroxylation is 1. The molecule has 1 spiro atoms. The summed E-state index contributed by atoms with van der Waals surface area (Å²) in [6.45, 7) is 1.94. The summed E-state index contributed by atoms with van der Waals surface area (Å²) in [7, 11) is 0. The van der Waals surface area contributed by atoms with Crippen LogP contribution in [0.3, 0.4) is 0 Å². The smallest absolute Gasteiger partial charge is 0.255 e. The van der Waals surface area contributed by atoms with Crippen molar-refractivity contribution < 1.29 is 9.59 Å². The van der Waals surface area contributed by atoms with Gasteiger partial charge in [0.25, 0.3) is 5.91 Å². The second-order valence-electron chi connectivity index (χ2n) is 6.80. The maximum absolute atomic E-state index is 13.5. The Labute approximate surface area is 150 Å². The average Bonchev–Trinajstić information content (AvgIpc) is 2.67. The molecule has 1 aliphatic carbocycles. The third-order valence-electron chi connectivity index (χ3n) is 5.18. The zero-order valence-electron chi connectivity index (χ0n) is 14.2. The summed E-state index contributed by atoms with van der Waals surface area (Å²) in [5.74, 6) is -0.392. The number of fused-ring (bicyclic) bond motifs is 5. The molecule has 1 atom stereocenters. The topological polar surface area (TPSA) is 58.2 Å². The number of ketones is 1. The molecule has 26 heavy (non-hydrogen) atoms. The Kier molecular flexibility index (Phi) is 2.89. The Bertz CT molecular complexity index is 1100. The largest absolute Gasteiger partial charge is 0.352 e. The van der Waals surface area contributed by atoms with E-state index in [4.69, 9.17) is 0 Å². The number of benzene rings is 3. The van der Waals surface area contributed by atoms with E-state index in [1.807, 2.05) is 73.7 Å². The van der Waals surface area contributed by atoms with Gasteiger partial charge < -0.3 is 10.6 Å². The van der Waals surface area contributed by atoms with E-state index < -0.39 is 5.66 Å². The van der Waals surface area contributed by atoms with Crippen molar-refractivity contribution in [1.29, 1.82) is 0 Å². The summed E-state index contributed by atoms with van der Waals surface area (Å²) in [5, 5.41) is 6.30. The molecule has 3 aromatic carbocycles. The second-order valence-corrected chi connectivity index (χ2v) is 6.80. The van der Waals surface area contributed by atoms with Crippen LogP contribution < -0.4 is 10.6 Å². The SMILES string of the molecule is Cc1ccc2c(c1)C(=O)NC1(N2)C(=O)c2ccccc2-c2ccccc21. The molecule has 0 saturated heterocycles. The first kappa shape index (κ1) is 14.9. The first-order valence-corrected chi connectivity index (χ1v) is 8.55. The number of Topliss-reactive ketones (excluding diaryl/α,β-unsaturated/α-hetero) is 1. The van der Waals surface area contributed by atoms with Crippen molar-refractivity contribution in [3.63, 3.8) is 0 Å². The molecule has 3 aromatic rings. The Hall–Kier alpha value is -3.40. The molecule has 1 amide bonds. The molecular formula is C22H16N2O2. The predicted octanol–water partition coefficient (Wildman–Crippen LogP) is 3.87. The van der Waals surface area contributed by atoms with Gasteiger partial charge in [0.1, 0.15) is 0 Å². The zero-order valence-corrected chi connectivity index (χ0v) is 14.2. The molecule has 0 radical (unpaired) electrons. The summed E-state index contributed by atoms with van der Waals surface area (Å²) in [4.78, 5) is 26.4. The van der Waals surface area contributed by atoms with E-state index in [1.165, 1.54) is 0 Å². The summed E-state index contributed by atoms with van der Waals surface area (Å²) in [5.41, 5.74) is 4.15. The van der Waals surface area contributed by atoms with Crippen molar-refractivity contribution >= 4 is 17.4 Å². The molecule has 4 nitrogen and oxygen atoms in total. The van der Waals surface area contributed by atoms with Crippen LogP contribution in [0.15, 0.2) is 66.7 Å². The number of amides is 1. The monoisotopic (exact) mass is 340 g/mol. The van der Waals surface area contributed by atoms with Gasteiger partial charge in [-0.05, 0) is 30.2 Å². The van der Waals surface area contributed by atoms with E-state index in [2.05, 4.69) is 10.6 Å². The van der Waals surface area contributed by atoms with Crippen molar-refractivity contribution in [2.24, 2.45) is 0 Å². The minimum Gasteiger partial charge on any atom is -0.352 e. The fraction of sp³-hybridized carbons (Fsp3) is 0.0909. The second kappa shape index (κ2) is 5.05. The van der Waals surface area contributed by atoms with Gasteiger partial charge in [-0.15, -0.1) is 0 Å². The lowest BCUT2D eigenvalue weighted by atomic mass is 9.76. The highest BCUT2D eigenvalue weighted by molar-refractivity contribution is 6.17. The Morgan fingerprint density at radius 3 is 2.23 bits per heavy atom. The molecule has 0 saturated carbocycles. The van der Waals surface area contributed by atoms with E-state index >= 15 is 0 Å². The Balaban J connectivity index is 1.79. The first-order chi connectivity index (χ1) is 12.6. The van der Waals surface area contributed by atoms with Crippen LogP contribution in [-0.4, -0.2) is 11.7 Å². The number of carbonyl (C=O) groups is 2. The first-order valence-electron chi connectivity index (χ1n) is 8.55. The van der Waals surface area contributed by atoms with Crippen molar-refractivity contribution in [3.8, 4) is 11.1 Å². The molecule has 0 aromatic heterocycles. The number of nitrogens with one attached hydrogen (secondary N) is 2. The lowest BCUT2D eigenvalue weighted by molar-refractivity contribution is 0.0776. The maximum atomic E-state index is 13.5. The summed E-state index contributed by atoms with van der Waals surface area (Å²) in [6.07, 6.45) is 0. The molecule has 0 bridgehead atoms. The Morgan fingerprint density at radius 2 is 1.42 bits per heavy atom. The van der Waals surface area contributed by atoms with Crippen molar-refractivity contribution in [2.45, 2.75) is 12.6 Å². The number of anilines is 1. The van der Waals surface area contributed by atoms with Gasteiger partial charge in [-0.1, -0.05) is 60.2 Å². The maximum Gasteiger partial charge on any atom is 0.255 e. The van der Waals surface area contributed by atoms with Gasteiger partial charge in [0.15, 0.2) is 0 Å². The standard InChI is InChI=1S/C22H16N2O2/c1-13-10-11-19-17(12-13)21(26)24-22(23-19)18-9-5-4-7-15(18)14-6-2-3-8-16(14)20(22)25/h2-12,23H,1H3,(H,24,26). The van der Waals surface area contributed by atoms with Gasteiger partial charge >= 0.3 is 0 Å². The molecule has 2 aliphatic rings. The van der Waals surface area contributed by atoms with Crippen LogP contribution in [0.25, 0.3) is 11.1 Å². The highest BCUT2D eigenvalue weighted by Gasteiger charge is 2.50. The van der Waals surface area contributed by atoms with Crippen LogP contribution in [0.2, 0.25) is 0 Å². The Morgan fingerprint density at radius 1 is 0.731 bits per heavy atom. The third kappa shape index (κ3) is 1.84. The van der Waals surface area contributed by atoms with E-state index in [-0.39, 0.29) is 11.7 Å². The minimum atomic E-state index is -1.29. The zero-order chi connectivity index (χ0) is 17.9. The van der Waals surface area contributed by atoms with Gasteiger partial charge in [0.05, 0.1) is 5.56 Å². The molecule has 126 valence electrons. The highest BCUT2D eigenvalue weighted by atomic mass is 16.2. The van der Waals surface area contributed by atoms with Crippen molar-refractivity contribution in [1.82, 2.24) is 5.32 Å². The van der Waals surface area contributed by atoms with E-state index in [9.17, 15) is 9.59 Å². The summed E-state index contributed by atoms with van der Waals surface area (Å²) < 4.78 is 0. The predicted molar refractivity (Wildman–Crippen MR) is 100 cm³/mol. The average molecular weight is 340 g/mol. The van der Waals surface area contributed by atoms with Gasteiger partial charge in [-0.3, -0.25) is 9.59 Å². The van der Waals surface area contributed by atoms with Gasteiger partial charge in [-0.25, -0.2) is 0 Å². The van der Waals surface area contributed by atoms with Gasteiger partial charge in [-0.2, -0.15) is 0 Å². The normalized spacial score (nSPS) is 19.9. The number of hydrogen-bond donors (Lipinski definition) is 2. The van der Waals surface area contributed by atoms with Crippen molar-refractivity contribution in [2.75, 3.05) is 5.32 Å². The van der Waals surface area contributed by atoms with Crippen LogP contribution in [0.5, 0.6) is 0 Å². The highest BCUT2D eigenvalue weighted by Crippen LogP contribution is 2.44. The number of hydrogen-bond acceptors (Lipinski definition) is 3. The minimum absolute atomic E-state index is 0.147. The van der Waals surface area contributed by atoms with E-state index in [0.717, 1.165) is 22.3 Å². The fourth-order valence-corrected chi connectivity index (χ4v) is 3.96. The van der Waals surface area contributed by atoms with Crippen LogP contribution in [0.1, 0.15) is 31.8 Å². The summed E-state index contributed by atoms with van der Waals surface area (Å²) in [6, 6.07) is 20.9. The molecule has 1 unspecified atom stereocenters. The third-order valence-corrected chi connectivity index (χ3v) is 5.18. The molecule has 0 fully saturated rings. The number of carbonyl (C=O) groups excluding carboxylic acids is 2. The van der Waals surface area contributed by atoms with Crippen LogP contribution in [0, 0.1) is 6.92 Å². The van der Waals surface area contributed by atoms with Gasteiger partial charge in [0.2, 0.25) is 11.4 Å². The quantitative estimate of drug-likeness (QED) is 0.653. The van der Waals surface area contributed by atoms with Crippen LogP contribution >= 0.6 is 0 Å². The van der Waals surface area contributed by atoms with E-state index in [0.29, 0.717) is 16.8 Å². The lowest BCUT2D eigenvalue weighted by Crippen LogP contribution is -2.61. The molecule has 2 N–H and O–H groups in total. The molecule has 4 heteroatoms. The lowest BCUT2D eigenvalue weighted by Gasteiger charge is -2.43. The molecule has 5 rings (SSSR count).